The highest BCUT2D eigenvalue weighted by molar-refractivity contribution is 6.40. The molecule has 0 aromatic rings. The van der Waals surface area contributed by atoms with Crippen LogP contribution in [0.4, 0.5) is 0 Å². The van der Waals surface area contributed by atoms with E-state index in [2.05, 4.69) is 4.90 Å². The van der Waals surface area contributed by atoms with Gasteiger partial charge in [-0.2, -0.15) is 0 Å². The van der Waals surface area contributed by atoms with Gasteiger partial charge in [0.2, 0.25) is 0 Å². The first kappa shape index (κ1) is 18.4. The minimum Gasteiger partial charge on any atom is -0.480 e. The fourth-order valence-electron chi connectivity index (χ4n) is 2.00. The van der Waals surface area contributed by atoms with Gasteiger partial charge in [0.25, 0.3) is 0 Å². The number of carboxylic acids is 1. The van der Waals surface area contributed by atoms with Crippen LogP contribution in [-0.2, 0) is 4.79 Å². The Labute approximate surface area is 115 Å². The van der Waals surface area contributed by atoms with E-state index in [0.717, 1.165) is 13.1 Å². The number of nitrogens with zero attached hydrogens (tertiary/aromatic N) is 1. The van der Waals surface area contributed by atoms with Crippen molar-refractivity contribution in [2.45, 2.75) is 51.4 Å². The molecule has 0 aliphatic carbocycles. The number of rotatable bonds is 11. The first-order valence-corrected chi connectivity index (χ1v) is 6.96. The van der Waals surface area contributed by atoms with Gasteiger partial charge in [-0.1, -0.05) is 26.7 Å². The molecule has 19 heavy (non-hydrogen) atoms. The summed E-state index contributed by atoms with van der Waals surface area (Å²) in [7, 11) is -1.33. The van der Waals surface area contributed by atoms with Crippen LogP contribution in [0.25, 0.3) is 0 Å². The summed E-state index contributed by atoms with van der Waals surface area (Å²) in [6.45, 7) is 6.49. The fourth-order valence-corrected chi connectivity index (χ4v) is 2.00. The first-order chi connectivity index (χ1) is 8.85. The largest absolute Gasteiger partial charge is 0.480 e. The second-order valence-corrected chi connectivity index (χ2v) is 4.96. The van der Waals surface area contributed by atoms with Crippen molar-refractivity contribution in [2.75, 3.05) is 19.6 Å². The maximum absolute atomic E-state index is 11.3. The lowest BCUT2D eigenvalue weighted by Crippen LogP contribution is -2.50. The Morgan fingerprint density at radius 3 is 2.21 bits per heavy atom. The lowest BCUT2D eigenvalue weighted by atomic mass is 9.81. The van der Waals surface area contributed by atoms with Crippen LogP contribution >= 0.6 is 0 Å². The monoisotopic (exact) mass is 274 g/mol. The van der Waals surface area contributed by atoms with Crippen LogP contribution in [0, 0.1) is 0 Å². The zero-order valence-corrected chi connectivity index (χ0v) is 12.0. The number of carboxylic acid groups (broad SMARTS) is 1. The second-order valence-electron chi connectivity index (χ2n) is 4.96. The summed E-state index contributed by atoms with van der Waals surface area (Å²) < 4.78 is 0. The topological polar surface area (TPSA) is 107 Å². The van der Waals surface area contributed by atoms with E-state index < -0.39 is 18.6 Å². The zero-order valence-electron chi connectivity index (χ0n) is 12.0. The fraction of sp³-hybridized carbons (Fsp3) is 0.917. The minimum atomic E-state index is -1.33. The molecule has 0 aromatic heterocycles. The molecule has 0 rings (SSSR count). The molecule has 0 amide bonds. The van der Waals surface area contributed by atoms with Crippen LogP contribution in [0.15, 0.2) is 0 Å². The van der Waals surface area contributed by atoms with Crippen LogP contribution in [0.1, 0.15) is 39.5 Å². The van der Waals surface area contributed by atoms with Gasteiger partial charge in [0.1, 0.15) is 5.54 Å². The van der Waals surface area contributed by atoms with E-state index in [1.165, 1.54) is 0 Å². The Morgan fingerprint density at radius 2 is 1.79 bits per heavy atom. The van der Waals surface area contributed by atoms with Gasteiger partial charge in [-0.3, -0.25) is 4.79 Å². The van der Waals surface area contributed by atoms with Crippen LogP contribution in [-0.4, -0.2) is 58.3 Å². The Bertz CT molecular complexity index is 262. The van der Waals surface area contributed by atoms with E-state index in [9.17, 15) is 9.90 Å². The number of nitrogens with two attached hydrogens (primary N) is 1. The van der Waals surface area contributed by atoms with Crippen molar-refractivity contribution in [3.8, 4) is 0 Å². The highest BCUT2D eigenvalue weighted by Crippen LogP contribution is 2.18. The van der Waals surface area contributed by atoms with Crippen molar-refractivity contribution in [1.82, 2.24) is 4.90 Å². The van der Waals surface area contributed by atoms with Gasteiger partial charge < -0.3 is 25.8 Å². The Morgan fingerprint density at radius 1 is 1.21 bits per heavy atom. The quantitative estimate of drug-likeness (QED) is 0.315. The van der Waals surface area contributed by atoms with Gasteiger partial charge >= 0.3 is 13.1 Å². The number of unbranched alkanes of at least 4 members (excludes halogenated alkanes) is 1. The van der Waals surface area contributed by atoms with E-state index in [1.807, 2.05) is 13.8 Å². The first-order valence-electron chi connectivity index (χ1n) is 6.96. The van der Waals surface area contributed by atoms with Gasteiger partial charge in [-0.15, -0.1) is 0 Å². The second kappa shape index (κ2) is 9.31. The molecule has 5 N–H and O–H groups in total. The molecule has 7 heteroatoms. The van der Waals surface area contributed by atoms with Crippen LogP contribution < -0.4 is 5.73 Å². The number of aliphatic carboxylic acids is 1. The van der Waals surface area contributed by atoms with Gasteiger partial charge in [0.15, 0.2) is 0 Å². The Kier molecular flexibility index (Phi) is 9.00. The summed E-state index contributed by atoms with van der Waals surface area (Å²) in [6.07, 6.45) is 2.17. The summed E-state index contributed by atoms with van der Waals surface area (Å²) in [5.74, 6) is -0.982. The summed E-state index contributed by atoms with van der Waals surface area (Å²) in [4.78, 5) is 13.4. The van der Waals surface area contributed by atoms with E-state index in [4.69, 9.17) is 15.8 Å². The van der Waals surface area contributed by atoms with E-state index in [-0.39, 0.29) is 6.32 Å². The Hall–Kier alpha value is -0.625. The molecule has 0 saturated carbocycles. The third kappa shape index (κ3) is 7.52. The van der Waals surface area contributed by atoms with Crippen molar-refractivity contribution in [2.24, 2.45) is 5.73 Å². The molecule has 6 nitrogen and oxygen atoms in total. The van der Waals surface area contributed by atoms with Crippen molar-refractivity contribution in [3.63, 3.8) is 0 Å². The van der Waals surface area contributed by atoms with Crippen LogP contribution in [0.3, 0.4) is 0 Å². The summed E-state index contributed by atoms with van der Waals surface area (Å²) in [5, 5.41) is 26.7. The number of carbonyl (C=O) groups is 1. The number of hydrogen-bond donors (Lipinski definition) is 4. The van der Waals surface area contributed by atoms with Crippen molar-refractivity contribution < 1.29 is 19.9 Å². The predicted octanol–water partition coefficient (Wildman–Crippen LogP) is 0.144. The molecule has 112 valence electrons. The molecule has 0 aromatic carbocycles. The molecule has 0 fully saturated rings. The summed E-state index contributed by atoms with van der Waals surface area (Å²) in [6, 6.07) is 0. The zero-order chi connectivity index (χ0) is 14.9. The van der Waals surface area contributed by atoms with E-state index in [0.29, 0.717) is 32.2 Å². The molecule has 0 saturated heterocycles. The standard InChI is InChI=1S/C12H27BN2O4/c1-3-15(4-2)10-8-12(14,11(16)17)7-5-6-9-13(18)19/h18-19H,3-10,14H2,1-2H3,(H,16,17). The minimum absolute atomic E-state index is 0.256. The lowest BCUT2D eigenvalue weighted by molar-refractivity contribution is -0.144. The average Bonchev–Trinajstić information content (AvgIpc) is 2.35. The van der Waals surface area contributed by atoms with Gasteiger partial charge in [0.05, 0.1) is 0 Å². The maximum atomic E-state index is 11.3. The smallest absolute Gasteiger partial charge is 0.451 e. The van der Waals surface area contributed by atoms with Crippen LogP contribution in [0.2, 0.25) is 6.32 Å². The molecule has 0 radical (unpaired) electrons. The molecule has 1 atom stereocenters. The maximum Gasteiger partial charge on any atom is 0.451 e. The normalized spacial score (nSPS) is 14.4. The highest BCUT2D eigenvalue weighted by atomic mass is 16.4. The third-order valence-corrected chi connectivity index (χ3v) is 3.53. The van der Waals surface area contributed by atoms with Crippen molar-refractivity contribution in [3.05, 3.63) is 0 Å². The van der Waals surface area contributed by atoms with Gasteiger partial charge in [-0.05, 0) is 32.3 Å². The van der Waals surface area contributed by atoms with Gasteiger partial charge in [-0.25, -0.2) is 0 Å². The van der Waals surface area contributed by atoms with Crippen LogP contribution in [0.5, 0.6) is 0 Å². The van der Waals surface area contributed by atoms with Crippen molar-refractivity contribution >= 4 is 13.1 Å². The lowest BCUT2D eigenvalue weighted by Gasteiger charge is -2.28. The molecular weight excluding hydrogens is 247 g/mol. The molecular formula is C12H27BN2O4. The third-order valence-electron chi connectivity index (χ3n) is 3.53. The van der Waals surface area contributed by atoms with Gasteiger partial charge in [0, 0.05) is 6.54 Å². The molecule has 0 heterocycles. The predicted molar refractivity (Wildman–Crippen MR) is 75.8 cm³/mol. The summed E-state index contributed by atoms with van der Waals surface area (Å²) in [5.41, 5.74) is 4.74. The summed E-state index contributed by atoms with van der Waals surface area (Å²) >= 11 is 0. The highest BCUT2D eigenvalue weighted by Gasteiger charge is 2.33. The molecule has 1 unspecified atom stereocenters. The Balaban J connectivity index is 4.22. The molecule has 0 aliphatic rings. The average molecular weight is 274 g/mol. The van der Waals surface area contributed by atoms with Crippen molar-refractivity contribution in [1.29, 1.82) is 0 Å². The molecule has 0 aliphatic heterocycles. The molecule has 0 spiro atoms. The SMILES string of the molecule is CCN(CC)CCC(N)(CCCCB(O)O)C(=O)O. The molecule has 0 bridgehead atoms. The number of hydrogen-bond acceptors (Lipinski definition) is 5. The van der Waals surface area contributed by atoms with E-state index >= 15 is 0 Å². The van der Waals surface area contributed by atoms with E-state index in [1.54, 1.807) is 0 Å².